The van der Waals surface area contributed by atoms with E-state index in [9.17, 15) is 0 Å². The summed E-state index contributed by atoms with van der Waals surface area (Å²) in [6, 6.07) is 1.97. The Kier molecular flexibility index (Phi) is 3.71. The molecule has 0 aromatic carbocycles. The van der Waals surface area contributed by atoms with Gasteiger partial charge < -0.3 is 9.73 Å². The van der Waals surface area contributed by atoms with Crippen molar-refractivity contribution in [2.75, 3.05) is 0 Å². The summed E-state index contributed by atoms with van der Waals surface area (Å²) in [6.07, 6.45) is 4.74. The summed E-state index contributed by atoms with van der Waals surface area (Å²) in [5, 5.41) is 8.10. The molecule has 0 spiro atoms. The van der Waals surface area contributed by atoms with Gasteiger partial charge in [-0.15, -0.1) is 0 Å². The molecule has 0 atom stereocenters. The average Bonchev–Trinajstić information content (AvgIpc) is 2.72. The highest BCUT2D eigenvalue weighted by atomic mass is 32.1. The molecule has 2 rings (SSSR count). The smallest absolute Gasteiger partial charge is 0.187 e. The molecule has 0 saturated heterocycles. The second-order valence-electron chi connectivity index (χ2n) is 5.49. The van der Waals surface area contributed by atoms with Crippen LogP contribution < -0.4 is 10.7 Å². The summed E-state index contributed by atoms with van der Waals surface area (Å²) in [7, 11) is 0. The third-order valence-electron chi connectivity index (χ3n) is 2.65. The topological polar surface area (TPSA) is 49.6 Å². The van der Waals surface area contributed by atoms with E-state index in [1.807, 2.05) is 6.07 Å². The SMILES string of the molecule is CC(C)(C)NC(=S)N/N=C1/CCCc2occc21. The maximum absolute atomic E-state index is 5.42. The van der Waals surface area contributed by atoms with E-state index in [-0.39, 0.29) is 5.54 Å². The Bertz CT molecular complexity index is 471. The fourth-order valence-corrected chi connectivity index (χ4v) is 2.30. The van der Waals surface area contributed by atoms with Crippen LogP contribution in [0.25, 0.3) is 0 Å². The number of furan rings is 1. The number of nitrogens with zero attached hydrogens (tertiary/aromatic N) is 1. The molecule has 0 amide bonds. The molecule has 0 unspecified atom stereocenters. The van der Waals surface area contributed by atoms with Crippen LogP contribution in [0.5, 0.6) is 0 Å². The fraction of sp³-hybridized carbons (Fsp3) is 0.538. The minimum absolute atomic E-state index is 0.0579. The van der Waals surface area contributed by atoms with Gasteiger partial charge >= 0.3 is 0 Å². The number of nitrogens with one attached hydrogen (secondary N) is 2. The summed E-state index contributed by atoms with van der Waals surface area (Å²) >= 11 is 5.20. The fourth-order valence-electron chi connectivity index (χ4n) is 1.95. The molecule has 2 N–H and O–H groups in total. The van der Waals surface area contributed by atoms with Crippen LogP contribution in [0.4, 0.5) is 0 Å². The van der Waals surface area contributed by atoms with Gasteiger partial charge in [0.15, 0.2) is 5.11 Å². The van der Waals surface area contributed by atoms with Gasteiger partial charge in [-0.2, -0.15) is 5.10 Å². The second kappa shape index (κ2) is 5.10. The summed E-state index contributed by atoms with van der Waals surface area (Å²) in [5.41, 5.74) is 4.97. The highest BCUT2D eigenvalue weighted by Gasteiger charge is 2.18. The van der Waals surface area contributed by atoms with Crippen molar-refractivity contribution in [1.82, 2.24) is 10.7 Å². The molecule has 18 heavy (non-hydrogen) atoms. The maximum atomic E-state index is 5.42. The highest BCUT2D eigenvalue weighted by molar-refractivity contribution is 7.80. The Labute approximate surface area is 113 Å². The molecular formula is C13H19N3OS. The van der Waals surface area contributed by atoms with Gasteiger partial charge in [-0.1, -0.05) is 0 Å². The molecule has 0 fully saturated rings. The van der Waals surface area contributed by atoms with Crippen molar-refractivity contribution in [2.45, 2.75) is 45.6 Å². The first kappa shape index (κ1) is 13.1. The lowest BCUT2D eigenvalue weighted by Crippen LogP contribution is -2.45. The van der Waals surface area contributed by atoms with E-state index in [0.717, 1.165) is 36.3 Å². The minimum Gasteiger partial charge on any atom is -0.469 e. The first-order chi connectivity index (χ1) is 8.46. The number of aryl methyl sites for hydroxylation is 1. The van der Waals surface area contributed by atoms with E-state index in [2.05, 4.69) is 36.6 Å². The van der Waals surface area contributed by atoms with Gasteiger partial charge in [-0.3, -0.25) is 5.43 Å². The summed E-state index contributed by atoms with van der Waals surface area (Å²) in [4.78, 5) is 0. The molecule has 5 heteroatoms. The largest absolute Gasteiger partial charge is 0.469 e. The van der Waals surface area contributed by atoms with E-state index in [1.165, 1.54) is 0 Å². The Balaban J connectivity index is 2.02. The number of hydrogen-bond donors (Lipinski definition) is 2. The van der Waals surface area contributed by atoms with Gasteiger partial charge in [0.05, 0.1) is 12.0 Å². The van der Waals surface area contributed by atoms with E-state index in [0.29, 0.717) is 5.11 Å². The van der Waals surface area contributed by atoms with Crippen molar-refractivity contribution < 1.29 is 4.42 Å². The zero-order chi connectivity index (χ0) is 13.2. The second-order valence-corrected chi connectivity index (χ2v) is 5.89. The molecular weight excluding hydrogens is 246 g/mol. The highest BCUT2D eigenvalue weighted by Crippen LogP contribution is 2.22. The predicted molar refractivity (Wildman–Crippen MR) is 76.8 cm³/mol. The van der Waals surface area contributed by atoms with Crippen molar-refractivity contribution in [3.8, 4) is 0 Å². The monoisotopic (exact) mass is 265 g/mol. The van der Waals surface area contributed by atoms with Gasteiger partial charge in [0, 0.05) is 17.5 Å². The zero-order valence-electron chi connectivity index (χ0n) is 11.0. The summed E-state index contributed by atoms with van der Waals surface area (Å²) in [5.74, 6) is 1.02. The molecule has 0 saturated carbocycles. The van der Waals surface area contributed by atoms with Crippen molar-refractivity contribution in [2.24, 2.45) is 5.10 Å². The molecule has 1 heterocycles. The van der Waals surface area contributed by atoms with Crippen molar-refractivity contribution >= 4 is 23.0 Å². The van der Waals surface area contributed by atoms with Crippen molar-refractivity contribution in [3.05, 3.63) is 23.7 Å². The molecule has 1 aromatic rings. The van der Waals surface area contributed by atoms with Gasteiger partial charge in [0.25, 0.3) is 0 Å². The number of rotatable bonds is 1. The quantitative estimate of drug-likeness (QED) is 0.605. The van der Waals surface area contributed by atoms with Crippen LogP contribution >= 0.6 is 12.2 Å². The molecule has 1 aliphatic carbocycles. The van der Waals surface area contributed by atoms with Crippen LogP contribution in [0.2, 0.25) is 0 Å². The number of thiocarbonyl (C=S) groups is 1. The molecule has 98 valence electrons. The lowest BCUT2D eigenvalue weighted by Gasteiger charge is -2.22. The molecule has 1 aromatic heterocycles. The number of fused-ring (bicyclic) bond motifs is 1. The van der Waals surface area contributed by atoms with E-state index in [4.69, 9.17) is 16.6 Å². The van der Waals surface area contributed by atoms with E-state index >= 15 is 0 Å². The number of hydrogen-bond acceptors (Lipinski definition) is 3. The van der Waals surface area contributed by atoms with Crippen LogP contribution in [-0.2, 0) is 6.42 Å². The van der Waals surface area contributed by atoms with Crippen molar-refractivity contribution in [3.63, 3.8) is 0 Å². The lowest BCUT2D eigenvalue weighted by molar-refractivity contribution is 0.498. The van der Waals surface area contributed by atoms with Crippen LogP contribution in [0, 0.1) is 0 Å². The van der Waals surface area contributed by atoms with Crippen LogP contribution in [0.15, 0.2) is 21.8 Å². The lowest BCUT2D eigenvalue weighted by atomic mass is 9.97. The standard InChI is InChI=1S/C13H19N3OS/c1-13(2,3)14-12(18)16-15-10-5-4-6-11-9(10)7-8-17-11/h7-8H,4-6H2,1-3H3,(H2,14,16,18)/b15-10-. The first-order valence-corrected chi connectivity index (χ1v) is 6.58. The van der Waals surface area contributed by atoms with Gasteiger partial charge in [0.2, 0.25) is 0 Å². The third-order valence-corrected chi connectivity index (χ3v) is 2.85. The van der Waals surface area contributed by atoms with Crippen LogP contribution in [0.3, 0.4) is 0 Å². The minimum atomic E-state index is -0.0579. The predicted octanol–water partition coefficient (Wildman–Crippen LogP) is 2.58. The van der Waals surface area contributed by atoms with Crippen LogP contribution in [0.1, 0.15) is 44.9 Å². The normalized spacial score (nSPS) is 17.4. The van der Waals surface area contributed by atoms with Crippen molar-refractivity contribution in [1.29, 1.82) is 0 Å². The molecule has 0 bridgehead atoms. The zero-order valence-corrected chi connectivity index (χ0v) is 11.9. The Morgan fingerprint density at radius 2 is 2.17 bits per heavy atom. The van der Waals surface area contributed by atoms with Crippen LogP contribution in [-0.4, -0.2) is 16.4 Å². The maximum Gasteiger partial charge on any atom is 0.187 e. The van der Waals surface area contributed by atoms with Gasteiger partial charge in [-0.25, -0.2) is 0 Å². The Hall–Kier alpha value is -1.36. The summed E-state index contributed by atoms with van der Waals surface area (Å²) in [6.45, 7) is 6.18. The molecule has 4 nitrogen and oxygen atoms in total. The molecule has 0 aliphatic heterocycles. The molecule has 0 radical (unpaired) electrons. The van der Waals surface area contributed by atoms with Gasteiger partial charge in [-0.05, 0) is 51.9 Å². The average molecular weight is 265 g/mol. The molecule has 1 aliphatic rings. The Morgan fingerprint density at radius 3 is 2.89 bits per heavy atom. The Morgan fingerprint density at radius 1 is 1.39 bits per heavy atom. The third kappa shape index (κ3) is 3.32. The number of hydrazone groups is 1. The van der Waals surface area contributed by atoms with E-state index < -0.39 is 0 Å². The summed E-state index contributed by atoms with van der Waals surface area (Å²) < 4.78 is 5.42. The van der Waals surface area contributed by atoms with E-state index in [1.54, 1.807) is 6.26 Å². The first-order valence-electron chi connectivity index (χ1n) is 6.17. The van der Waals surface area contributed by atoms with Gasteiger partial charge in [0.1, 0.15) is 5.76 Å².